The highest BCUT2D eigenvalue weighted by Gasteiger charge is 2.30. The van der Waals surface area contributed by atoms with Gasteiger partial charge in [-0.2, -0.15) is 0 Å². The minimum atomic E-state index is -0.956. The van der Waals surface area contributed by atoms with E-state index in [1.54, 1.807) is 5.38 Å². The predicted octanol–water partition coefficient (Wildman–Crippen LogP) is 0.591. The van der Waals surface area contributed by atoms with Gasteiger partial charge in [0.05, 0.1) is 0 Å². The van der Waals surface area contributed by atoms with Gasteiger partial charge in [0.25, 0.3) is 0 Å². The predicted molar refractivity (Wildman–Crippen MR) is 58.8 cm³/mol. The minimum absolute atomic E-state index is 0.142. The number of aromatic nitrogens is 1. The monoisotopic (exact) mass is 227 g/mol. The minimum Gasteiger partial charge on any atom is -0.476 e. The number of hydrogen-bond donors (Lipinski definition) is 1. The lowest BCUT2D eigenvalue weighted by Gasteiger charge is -2.42. The van der Waals surface area contributed by atoms with Crippen LogP contribution in [0, 0.1) is 0 Å². The molecule has 0 unspecified atom stereocenters. The number of carboxylic acid groups (broad SMARTS) is 1. The third-order valence-corrected chi connectivity index (χ3v) is 3.48. The van der Waals surface area contributed by atoms with Gasteiger partial charge in [-0.1, -0.05) is 0 Å². The van der Waals surface area contributed by atoms with Crippen LogP contribution in [0.2, 0.25) is 0 Å². The van der Waals surface area contributed by atoms with Crippen molar-refractivity contribution in [2.24, 2.45) is 0 Å². The summed E-state index contributed by atoms with van der Waals surface area (Å²) >= 11 is 1.39. The number of carbonyl (C=O) groups is 1. The van der Waals surface area contributed by atoms with E-state index in [1.807, 2.05) is 14.1 Å². The van der Waals surface area contributed by atoms with Crippen LogP contribution in [-0.4, -0.2) is 54.2 Å². The van der Waals surface area contributed by atoms with Crippen molar-refractivity contribution in [2.75, 3.05) is 32.1 Å². The molecule has 1 saturated heterocycles. The Bertz CT molecular complexity index is 371. The molecule has 82 valence electrons. The van der Waals surface area contributed by atoms with E-state index in [4.69, 9.17) is 5.11 Å². The highest BCUT2D eigenvalue weighted by molar-refractivity contribution is 7.13. The van der Waals surface area contributed by atoms with Crippen LogP contribution in [0.3, 0.4) is 0 Å². The number of rotatable bonds is 3. The third kappa shape index (κ3) is 1.95. The zero-order valence-corrected chi connectivity index (χ0v) is 9.49. The molecule has 5 nitrogen and oxygen atoms in total. The van der Waals surface area contributed by atoms with Gasteiger partial charge in [0.2, 0.25) is 0 Å². The first-order valence-electron chi connectivity index (χ1n) is 4.68. The Morgan fingerprint density at radius 3 is 2.80 bits per heavy atom. The van der Waals surface area contributed by atoms with Crippen molar-refractivity contribution in [1.29, 1.82) is 0 Å². The maximum atomic E-state index is 10.6. The largest absolute Gasteiger partial charge is 0.476 e. The van der Waals surface area contributed by atoms with Gasteiger partial charge in [-0.05, 0) is 14.1 Å². The second-order valence-electron chi connectivity index (χ2n) is 3.84. The summed E-state index contributed by atoms with van der Waals surface area (Å²) in [6.45, 7) is 1.86. The summed E-state index contributed by atoms with van der Waals surface area (Å²) in [4.78, 5) is 19.0. The van der Waals surface area contributed by atoms with Crippen molar-refractivity contribution in [3.8, 4) is 0 Å². The molecule has 0 aliphatic carbocycles. The molecule has 0 atom stereocenters. The van der Waals surface area contributed by atoms with Crippen molar-refractivity contribution in [3.63, 3.8) is 0 Å². The Morgan fingerprint density at radius 1 is 1.67 bits per heavy atom. The molecule has 1 fully saturated rings. The van der Waals surface area contributed by atoms with Crippen LogP contribution >= 0.6 is 11.3 Å². The molecule has 0 radical (unpaired) electrons. The number of anilines is 1. The van der Waals surface area contributed by atoms with E-state index in [9.17, 15) is 4.79 Å². The molecule has 0 aromatic carbocycles. The summed E-state index contributed by atoms with van der Waals surface area (Å²) in [5.41, 5.74) is 0.142. The quantitative estimate of drug-likeness (QED) is 0.819. The Balaban J connectivity index is 1.98. The fourth-order valence-electron chi connectivity index (χ4n) is 1.45. The van der Waals surface area contributed by atoms with Crippen molar-refractivity contribution >= 4 is 22.4 Å². The van der Waals surface area contributed by atoms with Crippen molar-refractivity contribution in [1.82, 2.24) is 9.88 Å². The van der Waals surface area contributed by atoms with E-state index in [2.05, 4.69) is 14.8 Å². The fraction of sp³-hybridized carbons (Fsp3) is 0.556. The molecule has 1 aliphatic rings. The molecule has 0 saturated carbocycles. The molecule has 0 spiro atoms. The van der Waals surface area contributed by atoms with Gasteiger partial charge in [-0.3, -0.25) is 0 Å². The van der Waals surface area contributed by atoms with Gasteiger partial charge < -0.3 is 14.9 Å². The van der Waals surface area contributed by atoms with E-state index < -0.39 is 5.97 Å². The first-order chi connectivity index (χ1) is 7.08. The van der Waals surface area contributed by atoms with Crippen LogP contribution in [0.5, 0.6) is 0 Å². The van der Waals surface area contributed by atoms with Gasteiger partial charge >= 0.3 is 5.97 Å². The van der Waals surface area contributed by atoms with Crippen LogP contribution in [0.1, 0.15) is 10.5 Å². The van der Waals surface area contributed by atoms with Gasteiger partial charge in [0, 0.05) is 24.5 Å². The second kappa shape index (κ2) is 3.79. The standard InChI is InChI=1S/C9H13N3O2S/c1-11(2)6-3-12(4-6)9-10-7(5-15-9)8(13)14/h5-6H,3-4H2,1-2H3,(H,13,14). The lowest BCUT2D eigenvalue weighted by molar-refractivity contribution is 0.0691. The summed E-state index contributed by atoms with van der Waals surface area (Å²) in [7, 11) is 4.10. The molecule has 2 heterocycles. The molecule has 15 heavy (non-hydrogen) atoms. The first kappa shape index (κ1) is 10.4. The fourth-order valence-corrected chi connectivity index (χ4v) is 2.27. The smallest absolute Gasteiger partial charge is 0.355 e. The number of carboxylic acids is 1. The second-order valence-corrected chi connectivity index (χ2v) is 4.68. The topological polar surface area (TPSA) is 56.7 Å². The van der Waals surface area contributed by atoms with Gasteiger partial charge in [-0.15, -0.1) is 11.3 Å². The molecular weight excluding hydrogens is 214 g/mol. The maximum absolute atomic E-state index is 10.6. The number of thiazole rings is 1. The van der Waals surface area contributed by atoms with Crippen LogP contribution in [-0.2, 0) is 0 Å². The van der Waals surface area contributed by atoms with E-state index in [1.165, 1.54) is 11.3 Å². The maximum Gasteiger partial charge on any atom is 0.355 e. The number of aromatic carboxylic acids is 1. The van der Waals surface area contributed by atoms with Gasteiger partial charge in [0.15, 0.2) is 10.8 Å². The van der Waals surface area contributed by atoms with E-state index in [0.717, 1.165) is 18.2 Å². The molecule has 0 bridgehead atoms. The molecule has 1 aliphatic heterocycles. The molecule has 6 heteroatoms. The van der Waals surface area contributed by atoms with Crippen LogP contribution < -0.4 is 4.90 Å². The highest BCUT2D eigenvalue weighted by Crippen LogP contribution is 2.26. The Morgan fingerprint density at radius 2 is 2.33 bits per heavy atom. The van der Waals surface area contributed by atoms with Crippen LogP contribution in [0.4, 0.5) is 5.13 Å². The lowest BCUT2D eigenvalue weighted by atomic mass is 10.1. The molecule has 1 N–H and O–H groups in total. The summed E-state index contributed by atoms with van der Waals surface area (Å²) in [5, 5.41) is 11.1. The third-order valence-electron chi connectivity index (χ3n) is 2.57. The molecule has 2 rings (SSSR count). The average molecular weight is 227 g/mol. The molecule has 0 amide bonds. The summed E-state index contributed by atoms with van der Waals surface area (Å²) in [6.07, 6.45) is 0. The van der Waals surface area contributed by atoms with E-state index >= 15 is 0 Å². The SMILES string of the molecule is CN(C)C1CN(c2nc(C(=O)O)cs2)C1. The van der Waals surface area contributed by atoms with Crippen molar-refractivity contribution in [3.05, 3.63) is 11.1 Å². The van der Waals surface area contributed by atoms with Crippen molar-refractivity contribution in [2.45, 2.75) is 6.04 Å². The van der Waals surface area contributed by atoms with Gasteiger partial charge in [0.1, 0.15) is 0 Å². The average Bonchev–Trinajstić information content (AvgIpc) is 2.49. The number of hydrogen-bond acceptors (Lipinski definition) is 5. The Labute approximate surface area is 92.0 Å². The van der Waals surface area contributed by atoms with Crippen molar-refractivity contribution < 1.29 is 9.90 Å². The molecule has 1 aromatic rings. The lowest BCUT2D eigenvalue weighted by Crippen LogP contribution is -2.57. The Kier molecular flexibility index (Phi) is 2.62. The number of likely N-dealkylation sites (N-methyl/N-ethyl adjacent to an activating group) is 1. The van der Waals surface area contributed by atoms with E-state index in [-0.39, 0.29) is 5.69 Å². The zero-order chi connectivity index (χ0) is 11.0. The number of nitrogens with zero attached hydrogens (tertiary/aromatic N) is 3. The summed E-state index contributed by atoms with van der Waals surface area (Å²) in [6, 6.07) is 0.558. The van der Waals surface area contributed by atoms with Crippen LogP contribution in [0.25, 0.3) is 0 Å². The van der Waals surface area contributed by atoms with E-state index in [0.29, 0.717) is 6.04 Å². The van der Waals surface area contributed by atoms with Gasteiger partial charge in [-0.25, -0.2) is 9.78 Å². The van der Waals surface area contributed by atoms with Crippen LogP contribution in [0.15, 0.2) is 5.38 Å². The molecular formula is C9H13N3O2S. The first-order valence-corrected chi connectivity index (χ1v) is 5.56. The molecule has 1 aromatic heterocycles. The zero-order valence-electron chi connectivity index (χ0n) is 8.67. The summed E-state index contributed by atoms with van der Waals surface area (Å²) < 4.78 is 0. The normalized spacial score (nSPS) is 16.9. The highest BCUT2D eigenvalue weighted by atomic mass is 32.1. The Hall–Kier alpha value is -1.14. The summed E-state index contributed by atoms with van der Waals surface area (Å²) in [5.74, 6) is -0.956.